The molecule has 4 heteroatoms. The van der Waals surface area contributed by atoms with Gasteiger partial charge in [0, 0.05) is 17.3 Å². The molecule has 1 amide bonds. The first-order chi connectivity index (χ1) is 7.13. The molecule has 0 fully saturated rings. The maximum atomic E-state index is 11.5. The molecule has 0 saturated heterocycles. The number of nitrogens with one attached hydrogen (secondary N) is 1. The van der Waals surface area contributed by atoms with E-state index in [2.05, 4.69) is 11.4 Å². The summed E-state index contributed by atoms with van der Waals surface area (Å²) < 4.78 is 0. The van der Waals surface area contributed by atoms with Crippen molar-refractivity contribution in [1.29, 1.82) is 0 Å². The summed E-state index contributed by atoms with van der Waals surface area (Å²) in [6.45, 7) is 3.91. The molecule has 0 aliphatic heterocycles. The van der Waals surface area contributed by atoms with Crippen LogP contribution in [0.25, 0.3) is 0 Å². The van der Waals surface area contributed by atoms with Crippen LogP contribution >= 0.6 is 11.3 Å². The Kier molecular flexibility index (Phi) is 4.78. The molecule has 2 atom stereocenters. The zero-order valence-corrected chi connectivity index (χ0v) is 10.0. The lowest BCUT2D eigenvalue weighted by Gasteiger charge is -2.15. The third-order valence-corrected chi connectivity index (χ3v) is 3.15. The highest BCUT2D eigenvalue weighted by molar-refractivity contribution is 7.09. The van der Waals surface area contributed by atoms with Crippen molar-refractivity contribution >= 4 is 17.2 Å². The molecule has 0 spiro atoms. The van der Waals surface area contributed by atoms with E-state index in [-0.39, 0.29) is 18.0 Å². The minimum atomic E-state index is -0.379. The Morgan fingerprint density at radius 1 is 1.67 bits per heavy atom. The predicted molar refractivity (Wildman–Crippen MR) is 63.9 cm³/mol. The van der Waals surface area contributed by atoms with Gasteiger partial charge in [-0.1, -0.05) is 13.0 Å². The van der Waals surface area contributed by atoms with Crippen molar-refractivity contribution in [1.82, 2.24) is 5.32 Å². The maximum Gasteiger partial charge on any atom is 0.237 e. The van der Waals surface area contributed by atoms with Gasteiger partial charge in [-0.2, -0.15) is 0 Å². The van der Waals surface area contributed by atoms with Gasteiger partial charge in [0.2, 0.25) is 5.91 Å². The molecule has 0 saturated carbocycles. The fourth-order valence-electron chi connectivity index (χ4n) is 1.32. The van der Waals surface area contributed by atoms with Crippen LogP contribution in [0.1, 0.15) is 25.1 Å². The molecular formula is C11H18N2OS. The molecular weight excluding hydrogens is 208 g/mol. The lowest BCUT2D eigenvalue weighted by atomic mass is 10.1. The average Bonchev–Trinajstić information content (AvgIpc) is 2.68. The highest BCUT2D eigenvalue weighted by atomic mass is 32.1. The van der Waals surface area contributed by atoms with Crippen LogP contribution in [0.4, 0.5) is 0 Å². The molecule has 1 unspecified atom stereocenters. The minimum Gasteiger partial charge on any atom is -0.352 e. The van der Waals surface area contributed by atoms with Gasteiger partial charge < -0.3 is 11.1 Å². The molecule has 84 valence electrons. The molecule has 15 heavy (non-hydrogen) atoms. The Balaban J connectivity index is 2.36. The summed E-state index contributed by atoms with van der Waals surface area (Å²) in [4.78, 5) is 12.8. The SMILES string of the molecule is CC[C@@H](N)C(=O)NC(C)Cc1cccs1. The summed E-state index contributed by atoms with van der Waals surface area (Å²) in [6, 6.07) is 3.86. The van der Waals surface area contributed by atoms with E-state index in [0.717, 1.165) is 6.42 Å². The second kappa shape index (κ2) is 5.88. The standard InChI is InChI=1S/C11H18N2OS/c1-3-10(12)11(14)13-8(2)7-9-5-4-6-15-9/h4-6,8,10H,3,7,12H2,1-2H3,(H,13,14)/t8?,10-/m1/s1. The van der Waals surface area contributed by atoms with Gasteiger partial charge in [0.05, 0.1) is 6.04 Å². The lowest BCUT2D eigenvalue weighted by Crippen LogP contribution is -2.44. The monoisotopic (exact) mass is 226 g/mol. The fourth-order valence-corrected chi connectivity index (χ4v) is 2.15. The normalized spacial score (nSPS) is 14.6. The van der Waals surface area contributed by atoms with Gasteiger partial charge in [-0.3, -0.25) is 4.79 Å². The van der Waals surface area contributed by atoms with Crippen LogP contribution in [0.15, 0.2) is 17.5 Å². The number of hydrogen-bond acceptors (Lipinski definition) is 3. The first kappa shape index (κ1) is 12.2. The van der Waals surface area contributed by atoms with Gasteiger partial charge >= 0.3 is 0 Å². The van der Waals surface area contributed by atoms with Gasteiger partial charge in [0.1, 0.15) is 0 Å². The number of rotatable bonds is 5. The lowest BCUT2D eigenvalue weighted by molar-refractivity contribution is -0.123. The van der Waals surface area contributed by atoms with Crippen LogP contribution in [0.2, 0.25) is 0 Å². The van der Waals surface area contributed by atoms with Crippen LogP contribution in [0.3, 0.4) is 0 Å². The number of thiophene rings is 1. The molecule has 3 N–H and O–H groups in total. The zero-order valence-electron chi connectivity index (χ0n) is 9.19. The van der Waals surface area contributed by atoms with Crippen LogP contribution in [-0.4, -0.2) is 18.0 Å². The van der Waals surface area contributed by atoms with E-state index in [4.69, 9.17) is 5.73 Å². The van der Waals surface area contributed by atoms with E-state index in [1.165, 1.54) is 4.88 Å². The number of amides is 1. The van der Waals surface area contributed by atoms with Crippen LogP contribution in [0, 0.1) is 0 Å². The molecule has 1 rings (SSSR count). The van der Waals surface area contributed by atoms with Crippen molar-refractivity contribution in [2.75, 3.05) is 0 Å². The summed E-state index contributed by atoms with van der Waals surface area (Å²) in [6.07, 6.45) is 1.55. The van der Waals surface area contributed by atoms with E-state index < -0.39 is 0 Å². The maximum absolute atomic E-state index is 11.5. The average molecular weight is 226 g/mol. The minimum absolute atomic E-state index is 0.0541. The van der Waals surface area contributed by atoms with E-state index >= 15 is 0 Å². The van der Waals surface area contributed by atoms with Gasteiger partial charge in [-0.05, 0) is 24.8 Å². The molecule has 0 bridgehead atoms. The smallest absolute Gasteiger partial charge is 0.237 e. The number of hydrogen-bond donors (Lipinski definition) is 2. The Bertz CT molecular complexity index is 298. The van der Waals surface area contributed by atoms with Crippen LogP contribution in [0.5, 0.6) is 0 Å². The molecule has 0 aliphatic rings. The molecule has 0 aromatic carbocycles. The fraction of sp³-hybridized carbons (Fsp3) is 0.545. The number of carbonyl (C=O) groups excluding carboxylic acids is 1. The molecule has 1 aromatic heterocycles. The Hall–Kier alpha value is -0.870. The first-order valence-corrected chi connectivity index (χ1v) is 6.09. The summed E-state index contributed by atoms with van der Waals surface area (Å²) >= 11 is 1.71. The van der Waals surface area contributed by atoms with Crippen LogP contribution in [-0.2, 0) is 11.2 Å². The van der Waals surface area contributed by atoms with Crippen molar-refractivity contribution in [2.24, 2.45) is 5.73 Å². The molecule has 1 heterocycles. The summed E-state index contributed by atoms with van der Waals surface area (Å²) in [5, 5.41) is 4.95. The Labute approximate surface area is 94.7 Å². The second-order valence-corrected chi connectivity index (χ2v) is 4.74. The summed E-state index contributed by atoms with van der Waals surface area (Å²) in [5.74, 6) is -0.0541. The highest BCUT2D eigenvalue weighted by Gasteiger charge is 2.13. The molecule has 1 aromatic rings. The highest BCUT2D eigenvalue weighted by Crippen LogP contribution is 2.10. The number of carbonyl (C=O) groups is 1. The number of nitrogens with two attached hydrogens (primary N) is 1. The third-order valence-electron chi connectivity index (χ3n) is 2.25. The summed E-state index contributed by atoms with van der Waals surface area (Å²) in [7, 11) is 0. The first-order valence-electron chi connectivity index (χ1n) is 5.21. The molecule has 0 aliphatic carbocycles. The topological polar surface area (TPSA) is 55.1 Å². The van der Waals surface area contributed by atoms with Gasteiger partial charge in [-0.25, -0.2) is 0 Å². The van der Waals surface area contributed by atoms with Gasteiger partial charge in [-0.15, -0.1) is 11.3 Å². The molecule has 0 radical (unpaired) electrons. The van der Waals surface area contributed by atoms with Crippen molar-refractivity contribution < 1.29 is 4.79 Å². The predicted octanol–water partition coefficient (Wildman–Crippen LogP) is 1.53. The van der Waals surface area contributed by atoms with Gasteiger partial charge in [0.25, 0.3) is 0 Å². The van der Waals surface area contributed by atoms with Crippen molar-refractivity contribution in [2.45, 2.75) is 38.8 Å². The largest absolute Gasteiger partial charge is 0.352 e. The van der Waals surface area contributed by atoms with Crippen molar-refractivity contribution in [3.63, 3.8) is 0 Å². The van der Waals surface area contributed by atoms with Crippen molar-refractivity contribution in [3.8, 4) is 0 Å². The third kappa shape index (κ3) is 4.01. The van der Waals surface area contributed by atoms with E-state index in [9.17, 15) is 4.79 Å². The summed E-state index contributed by atoms with van der Waals surface area (Å²) in [5.41, 5.74) is 5.63. The zero-order chi connectivity index (χ0) is 11.3. The van der Waals surface area contributed by atoms with E-state index in [0.29, 0.717) is 6.42 Å². The quantitative estimate of drug-likeness (QED) is 0.800. The second-order valence-electron chi connectivity index (χ2n) is 3.71. The Morgan fingerprint density at radius 2 is 2.40 bits per heavy atom. The van der Waals surface area contributed by atoms with E-state index in [1.54, 1.807) is 11.3 Å². The molecule has 3 nitrogen and oxygen atoms in total. The van der Waals surface area contributed by atoms with Crippen molar-refractivity contribution in [3.05, 3.63) is 22.4 Å². The van der Waals surface area contributed by atoms with Crippen LogP contribution < -0.4 is 11.1 Å². The van der Waals surface area contributed by atoms with E-state index in [1.807, 2.05) is 25.3 Å². The Morgan fingerprint density at radius 3 is 2.93 bits per heavy atom. The van der Waals surface area contributed by atoms with Gasteiger partial charge in [0.15, 0.2) is 0 Å².